The van der Waals surface area contributed by atoms with Crippen LogP contribution in [-0.2, 0) is 14.4 Å². The molecule has 1 heterocycles. The van der Waals surface area contributed by atoms with Crippen LogP contribution in [0.3, 0.4) is 0 Å². The summed E-state index contributed by atoms with van der Waals surface area (Å²) in [6.45, 7) is 1.45. The number of aliphatic hydroxyl groups is 1. The summed E-state index contributed by atoms with van der Waals surface area (Å²) in [4.78, 5) is 36.2. The lowest BCUT2D eigenvalue weighted by molar-refractivity contribution is -0.136. The Bertz CT molecular complexity index is 614. The van der Waals surface area contributed by atoms with Crippen LogP contribution >= 0.6 is 0 Å². The molecule has 118 valence electrons. The number of amides is 3. The molecule has 0 bridgehead atoms. The van der Waals surface area contributed by atoms with Crippen LogP contribution in [-0.4, -0.2) is 49.1 Å². The van der Waals surface area contributed by atoms with Gasteiger partial charge in [0.2, 0.25) is 0 Å². The normalized spacial score (nSPS) is 14.7. The fraction of sp³-hybridized carbons (Fsp3) is 0.357. The Balaban J connectivity index is 2.06. The number of likely N-dealkylation sites (N-methyl/N-ethyl adjacent to an activating group) is 1. The molecule has 1 atom stereocenters. The molecule has 1 aromatic rings. The second-order valence-electron chi connectivity index (χ2n) is 4.94. The number of rotatable bonds is 3. The van der Waals surface area contributed by atoms with Gasteiger partial charge in [-0.15, -0.1) is 0 Å². The minimum Gasteiger partial charge on any atom is -0.482 e. The first-order valence-corrected chi connectivity index (χ1v) is 6.69. The SMILES string of the molecule is CC(O)CNC(=O)C(=O)Nc1ccc2c(c1)N(C)C(=O)CO2. The van der Waals surface area contributed by atoms with E-state index in [0.29, 0.717) is 17.1 Å². The lowest BCUT2D eigenvalue weighted by Crippen LogP contribution is -2.39. The van der Waals surface area contributed by atoms with Crippen LogP contribution in [0.25, 0.3) is 0 Å². The van der Waals surface area contributed by atoms with Crippen LogP contribution < -0.4 is 20.3 Å². The third kappa shape index (κ3) is 3.53. The number of fused-ring (bicyclic) bond motifs is 1. The lowest BCUT2D eigenvalue weighted by Gasteiger charge is -2.26. The second-order valence-corrected chi connectivity index (χ2v) is 4.94. The van der Waals surface area contributed by atoms with E-state index < -0.39 is 17.9 Å². The maximum absolute atomic E-state index is 11.7. The van der Waals surface area contributed by atoms with Crippen LogP contribution in [0.5, 0.6) is 5.75 Å². The maximum atomic E-state index is 11.7. The zero-order valence-corrected chi connectivity index (χ0v) is 12.3. The van der Waals surface area contributed by atoms with Crippen molar-refractivity contribution < 1.29 is 24.2 Å². The number of anilines is 2. The predicted octanol–water partition coefficient (Wildman–Crippen LogP) is -0.523. The van der Waals surface area contributed by atoms with Crippen LogP contribution in [0.1, 0.15) is 6.92 Å². The van der Waals surface area contributed by atoms with Crippen molar-refractivity contribution in [1.82, 2.24) is 5.32 Å². The Morgan fingerprint density at radius 1 is 1.41 bits per heavy atom. The molecule has 0 fully saturated rings. The summed E-state index contributed by atoms with van der Waals surface area (Å²) in [5, 5.41) is 13.8. The van der Waals surface area contributed by atoms with Crippen molar-refractivity contribution >= 4 is 29.1 Å². The molecule has 1 aliphatic heterocycles. The molecule has 8 nitrogen and oxygen atoms in total. The molecule has 3 amide bonds. The highest BCUT2D eigenvalue weighted by Gasteiger charge is 2.23. The summed E-state index contributed by atoms with van der Waals surface area (Å²) in [7, 11) is 1.60. The first-order valence-electron chi connectivity index (χ1n) is 6.69. The summed E-state index contributed by atoms with van der Waals surface area (Å²) in [6, 6.07) is 4.73. The van der Waals surface area contributed by atoms with Crippen molar-refractivity contribution in [3.8, 4) is 5.75 Å². The Kier molecular flexibility index (Phi) is 4.62. The van der Waals surface area contributed by atoms with E-state index in [9.17, 15) is 14.4 Å². The summed E-state index contributed by atoms with van der Waals surface area (Å²) in [5.41, 5.74) is 0.875. The minimum atomic E-state index is -0.855. The molecule has 3 N–H and O–H groups in total. The van der Waals surface area contributed by atoms with Gasteiger partial charge in [0, 0.05) is 19.3 Å². The van der Waals surface area contributed by atoms with Crippen LogP contribution in [0.2, 0.25) is 0 Å². The standard InChI is InChI=1S/C14H17N3O5/c1-8(18)6-15-13(20)14(21)16-9-3-4-11-10(5-9)17(2)12(19)7-22-11/h3-5,8,18H,6-7H2,1-2H3,(H,15,20)(H,16,21). The quantitative estimate of drug-likeness (QED) is 0.651. The summed E-state index contributed by atoms with van der Waals surface area (Å²) >= 11 is 0. The van der Waals surface area contributed by atoms with E-state index in [1.165, 1.54) is 11.8 Å². The molecular weight excluding hydrogens is 290 g/mol. The van der Waals surface area contributed by atoms with Crippen molar-refractivity contribution in [3.63, 3.8) is 0 Å². The molecule has 8 heteroatoms. The van der Waals surface area contributed by atoms with Gasteiger partial charge in [-0.05, 0) is 25.1 Å². The number of hydrogen-bond acceptors (Lipinski definition) is 5. The number of aliphatic hydroxyl groups excluding tert-OH is 1. The Morgan fingerprint density at radius 2 is 2.14 bits per heavy atom. The zero-order chi connectivity index (χ0) is 16.3. The second kappa shape index (κ2) is 6.44. The number of carbonyl (C=O) groups excluding carboxylic acids is 3. The van der Waals surface area contributed by atoms with Crippen molar-refractivity contribution in [1.29, 1.82) is 0 Å². The molecule has 2 rings (SSSR count). The first-order chi connectivity index (χ1) is 10.4. The minimum absolute atomic E-state index is 0.0124. The Labute approximate surface area is 127 Å². The molecule has 0 saturated carbocycles. The van der Waals surface area contributed by atoms with E-state index in [1.807, 2.05) is 0 Å². The number of carbonyl (C=O) groups is 3. The molecular formula is C14H17N3O5. The summed E-state index contributed by atoms with van der Waals surface area (Å²) < 4.78 is 5.27. The molecule has 0 aromatic heterocycles. The molecule has 0 aliphatic carbocycles. The van der Waals surface area contributed by atoms with Gasteiger partial charge in [0.25, 0.3) is 5.91 Å². The van der Waals surface area contributed by atoms with Crippen molar-refractivity contribution in [2.45, 2.75) is 13.0 Å². The van der Waals surface area contributed by atoms with Gasteiger partial charge in [0.15, 0.2) is 6.61 Å². The summed E-state index contributed by atoms with van der Waals surface area (Å²) in [6.07, 6.45) is -0.739. The fourth-order valence-corrected chi connectivity index (χ4v) is 1.86. The summed E-state index contributed by atoms with van der Waals surface area (Å²) in [5.74, 6) is -1.38. The third-order valence-electron chi connectivity index (χ3n) is 3.07. The van der Waals surface area contributed by atoms with Gasteiger partial charge < -0.3 is 25.4 Å². The van der Waals surface area contributed by atoms with Gasteiger partial charge in [-0.3, -0.25) is 14.4 Å². The van der Waals surface area contributed by atoms with E-state index in [2.05, 4.69) is 10.6 Å². The van der Waals surface area contributed by atoms with E-state index >= 15 is 0 Å². The van der Waals surface area contributed by atoms with Crippen molar-refractivity contribution in [2.24, 2.45) is 0 Å². The van der Waals surface area contributed by atoms with Gasteiger partial charge in [0.1, 0.15) is 5.75 Å². The fourth-order valence-electron chi connectivity index (χ4n) is 1.86. The van der Waals surface area contributed by atoms with E-state index in [4.69, 9.17) is 9.84 Å². The maximum Gasteiger partial charge on any atom is 0.313 e. The number of hydrogen-bond donors (Lipinski definition) is 3. The average molecular weight is 307 g/mol. The molecule has 1 aromatic carbocycles. The Morgan fingerprint density at radius 3 is 2.82 bits per heavy atom. The largest absolute Gasteiger partial charge is 0.482 e. The van der Waals surface area contributed by atoms with E-state index in [1.54, 1.807) is 25.2 Å². The van der Waals surface area contributed by atoms with E-state index in [-0.39, 0.29) is 19.1 Å². The van der Waals surface area contributed by atoms with Gasteiger partial charge >= 0.3 is 11.8 Å². The van der Waals surface area contributed by atoms with Crippen LogP contribution in [0, 0.1) is 0 Å². The lowest BCUT2D eigenvalue weighted by atomic mass is 10.2. The van der Waals surface area contributed by atoms with Gasteiger partial charge in [-0.25, -0.2) is 0 Å². The van der Waals surface area contributed by atoms with Crippen LogP contribution in [0.15, 0.2) is 18.2 Å². The van der Waals surface area contributed by atoms with Crippen molar-refractivity contribution in [2.75, 3.05) is 30.4 Å². The molecule has 1 unspecified atom stereocenters. The van der Waals surface area contributed by atoms with Crippen molar-refractivity contribution in [3.05, 3.63) is 18.2 Å². The number of nitrogens with zero attached hydrogens (tertiary/aromatic N) is 1. The third-order valence-corrected chi connectivity index (χ3v) is 3.07. The topological polar surface area (TPSA) is 108 Å². The molecule has 0 radical (unpaired) electrons. The molecule has 0 spiro atoms. The molecule has 0 saturated heterocycles. The first kappa shape index (κ1) is 15.8. The predicted molar refractivity (Wildman–Crippen MR) is 78.7 cm³/mol. The molecule has 22 heavy (non-hydrogen) atoms. The molecule has 1 aliphatic rings. The van der Waals surface area contributed by atoms with E-state index in [0.717, 1.165) is 0 Å². The number of nitrogens with one attached hydrogen (secondary N) is 2. The average Bonchev–Trinajstić information content (AvgIpc) is 2.49. The highest BCUT2D eigenvalue weighted by molar-refractivity contribution is 6.39. The monoisotopic (exact) mass is 307 g/mol. The van der Waals surface area contributed by atoms with Gasteiger partial charge in [0.05, 0.1) is 11.8 Å². The van der Waals surface area contributed by atoms with Crippen LogP contribution in [0.4, 0.5) is 11.4 Å². The smallest absolute Gasteiger partial charge is 0.313 e. The highest BCUT2D eigenvalue weighted by Crippen LogP contribution is 2.33. The Hall–Kier alpha value is -2.61. The zero-order valence-electron chi connectivity index (χ0n) is 12.3. The van der Waals surface area contributed by atoms with Gasteiger partial charge in [-0.2, -0.15) is 0 Å². The number of benzene rings is 1. The highest BCUT2D eigenvalue weighted by atomic mass is 16.5. The van der Waals surface area contributed by atoms with Gasteiger partial charge in [-0.1, -0.05) is 0 Å². The number of ether oxygens (including phenoxy) is 1.